The summed E-state index contributed by atoms with van der Waals surface area (Å²) >= 11 is 0. The fourth-order valence-electron chi connectivity index (χ4n) is 0.351. The van der Waals surface area contributed by atoms with E-state index >= 15 is 0 Å². The van der Waals surface area contributed by atoms with Gasteiger partial charge in [0, 0.05) is 0 Å². The summed E-state index contributed by atoms with van der Waals surface area (Å²) in [5.41, 5.74) is 1.17. The van der Waals surface area contributed by atoms with Gasteiger partial charge in [0.05, 0.1) is 13.2 Å². The summed E-state index contributed by atoms with van der Waals surface area (Å²) in [4.78, 5) is 0. The second-order valence-electron chi connectivity index (χ2n) is 1.81. The van der Waals surface area contributed by atoms with Crippen molar-refractivity contribution in [3.05, 3.63) is 18.8 Å². The van der Waals surface area contributed by atoms with Gasteiger partial charge in [0.15, 0.2) is 0 Å². The minimum absolute atomic E-state index is 0.770. The van der Waals surface area contributed by atoms with Gasteiger partial charge in [0.25, 0.3) is 0 Å². The Morgan fingerprint density at radius 2 is 2.38 bits per heavy atom. The molecule has 0 N–H and O–H groups in total. The molecule has 0 atom stereocenters. The number of rotatable bonds is 4. The monoisotopic (exact) mass is 113 g/mol. The van der Waals surface area contributed by atoms with E-state index in [1.165, 1.54) is 5.57 Å². The van der Waals surface area contributed by atoms with E-state index in [-0.39, 0.29) is 0 Å². The Bertz CT molecular complexity index is 66.8. The molecule has 47 valence electrons. The van der Waals surface area contributed by atoms with Gasteiger partial charge in [-0.15, -0.1) is 6.58 Å². The Balaban J connectivity index is 2.82. The average Bonchev–Trinajstić information content (AvgIpc) is 1.66. The molecular weight excluding hydrogens is 100 g/mol. The van der Waals surface area contributed by atoms with Crippen LogP contribution in [0, 0.1) is 6.61 Å². The Morgan fingerprint density at radius 1 is 1.75 bits per heavy atom. The molecule has 1 heteroatoms. The fraction of sp³-hybridized carbons (Fsp3) is 0.571. The van der Waals surface area contributed by atoms with Crippen LogP contribution in [0.25, 0.3) is 0 Å². The van der Waals surface area contributed by atoms with Crippen molar-refractivity contribution in [2.24, 2.45) is 0 Å². The quantitative estimate of drug-likeness (QED) is 0.401. The van der Waals surface area contributed by atoms with E-state index in [2.05, 4.69) is 6.58 Å². The van der Waals surface area contributed by atoms with Crippen LogP contribution in [-0.2, 0) is 4.74 Å². The van der Waals surface area contributed by atoms with Crippen molar-refractivity contribution in [2.45, 2.75) is 20.3 Å². The van der Waals surface area contributed by atoms with Crippen molar-refractivity contribution in [1.29, 1.82) is 0 Å². The maximum atomic E-state index is 4.96. The van der Waals surface area contributed by atoms with E-state index in [1.54, 1.807) is 6.61 Å². The fourth-order valence-corrected chi connectivity index (χ4v) is 0.351. The number of hydrogen-bond donors (Lipinski definition) is 0. The van der Waals surface area contributed by atoms with Crippen LogP contribution in [0.1, 0.15) is 20.3 Å². The molecule has 0 spiro atoms. The topological polar surface area (TPSA) is 9.23 Å². The lowest BCUT2D eigenvalue weighted by molar-refractivity contribution is 0.208. The lowest BCUT2D eigenvalue weighted by atomic mass is 10.3. The molecule has 0 fully saturated rings. The first kappa shape index (κ1) is 7.70. The Kier molecular flexibility index (Phi) is 4.67. The minimum atomic E-state index is 0.770. The van der Waals surface area contributed by atoms with Crippen LogP contribution >= 0.6 is 0 Å². The Hall–Kier alpha value is -0.300. The molecule has 8 heavy (non-hydrogen) atoms. The zero-order valence-electron chi connectivity index (χ0n) is 5.61. The third kappa shape index (κ3) is 5.70. The largest absolute Gasteiger partial charge is 0.375 e. The smallest absolute Gasteiger partial charge is 0.0806 e. The highest BCUT2D eigenvalue weighted by Crippen LogP contribution is 1.95. The van der Waals surface area contributed by atoms with Gasteiger partial charge in [-0.3, -0.25) is 0 Å². The second-order valence-corrected chi connectivity index (χ2v) is 1.81. The normalized spacial score (nSPS) is 9.25. The lowest BCUT2D eigenvalue weighted by Crippen LogP contribution is -1.88. The van der Waals surface area contributed by atoms with Crippen LogP contribution in [0.15, 0.2) is 12.2 Å². The first-order valence-corrected chi connectivity index (χ1v) is 2.81. The summed E-state index contributed by atoms with van der Waals surface area (Å²) < 4.78 is 4.96. The van der Waals surface area contributed by atoms with Crippen molar-refractivity contribution in [2.75, 3.05) is 6.61 Å². The number of ether oxygens (including phenoxy) is 1. The van der Waals surface area contributed by atoms with Crippen LogP contribution in [0.2, 0.25) is 0 Å². The maximum Gasteiger partial charge on any atom is 0.0806 e. The standard InChI is InChI=1S/C7H13O/c1-4-8-6-5-7(2)3/h4H,2,5-6H2,1,3H3. The number of hydrogen-bond acceptors (Lipinski definition) is 1. The van der Waals surface area contributed by atoms with Crippen LogP contribution in [-0.4, -0.2) is 6.61 Å². The predicted molar refractivity (Wildman–Crippen MR) is 35.4 cm³/mol. The van der Waals surface area contributed by atoms with E-state index in [0.717, 1.165) is 13.0 Å². The van der Waals surface area contributed by atoms with Gasteiger partial charge in [-0.1, -0.05) is 5.57 Å². The van der Waals surface area contributed by atoms with Crippen LogP contribution in [0.4, 0.5) is 0 Å². The SMILES string of the molecule is C=C(C)CCO[CH]C. The van der Waals surface area contributed by atoms with E-state index in [9.17, 15) is 0 Å². The van der Waals surface area contributed by atoms with Gasteiger partial charge in [-0.05, 0) is 20.3 Å². The van der Waals surface area contributed by atoms with Gasteiger partial charge >= 0.3 is 0 Å². The third-order valence-corrected chi connectivity index (χ3v) is 0.813. The summed E-state index contributed by atoms with van der Waals surface area (Å²) in [7, 11) is 0. The third-order valence-electron chi connectivity index (χ3n) is 0.813. The molecule has 0 saturated carbocycles. The van der Waals surface area contributed by atoms with Crippen LogP contribution in [0.3, 0.4) is 0 Å². The van der Waals surface area contributed by atoms with Gasteiger partial charge in [-0.2, -0.15) is 0 Å². The first-order chi connectivity index (χ1) is 3.77. The van der Waals surface area contributed by atoms with Crippen LogP contribution in [0.5, 0.6) is 0 Å². The van der Waals surface area contributed by atoms with Gasteiger partial charge in [-0.25, -0.2) is 0 Å². The van der Waals surface area contributed by atoms with E-state index in [4.69, 9.17) is 4.74 Å². The second kappa shape index (κ2) is 4.85. The highest BCUT2D eigenvalue weighted by Gasteiger charge is 1.84. The summed E-state index contributed by atoms with van der Waals surface area (Å²) in [5.74, 6) is 0. The van der Waals surface area contributed by atoms with Gasteiger partial charge in [0.2, 0.25) is 0 Å². The molecule has 0 aliphatic carbocycles. The predicted octanol–water partition coefficient (Wildman–Crippen LogP) is 2.15. The minimum Gasteiger partial charge on any atom is -0.375 e. The Morgan fingerprint density at radius 3 is 2.75 bits per heavy atom. The molecule has 0 rings (SSSR count). The highest BCUT2D eigenvalue weighted by molar-refractivity contribution is 4.87. The summed E-state index contributed by atoms with van der Waals surface area (Å²) in [6.07, 6.45) is 0.963. The molecule has 0 heterocycles. The van der Waals surface area contributed by atoms with Crippen molar-refractivity contribution in [1.82, 2.24) is 0 Å². The summed E-state index contributed by atoms with van der Waals surface area (Å²) in [5, 5.41) is 0. The summed E-state index contributed by atoms with van der Waals surface area (Å²) in [6.45, 7) is 10.1. The zero-order valence-corrected chi connectivity index (χ0v) is 5.61. The maximum absolute atomic E-state index is 4.96. The molecule has 1 nitrogen and oxygen atoms in total. The lowest BCUT2D eigenvalue weighted by Gasteiger charge is -1.97. The van der Waals surface area contributed by atoms with Crippen molar-refractivity contribution in [3.63, 3.8) is 0 Å². The average molecular weight is 113 g/mol. The molecule has 0 aliphatic heterocycles. The molecule has 0 aromatic rings. The molecule has 0 amide bonds. The molecule has 0 aromatic carbocycles. The highest BCUT2D eigenvalue weighted by atomic mass is 16.5. The van der Waals surface area contributed by atoms with E-state index in [0.29, 0.717) is 0 Å². The first-order valence-electron chi connectivity index (χ1n) is 2.81. The molecule has 0 unspecified atom stereocenters. The van der Waals surface area contributed by atoms with Crippen molar-refractivity contribution >= 4 is 0 Å². The van der Waals surface area contributed by atoms with Gasteiger partial charge < -0.3 is 4.74 Å². The molecule has 0 aromatic heterocycles. The Labute approximate surface area is 51.4 Å². The molecular formula is C7H13O. The van der Waals surface area contributed by atoms with E-state index in [1.807, 2.05) is 13.8 Å². The molecule has 0 aliphatic rings. The zero-order chi connectivity index (χ0) is 6.41. The van der Waals surface area contributed by atoms with E-state index < -0.39 is 0 Å². The summed E-state index contributed by atoms with van der Waals surface area (Å²) in [6, 6.07) is 0. The molecule has 1 radical (unpaired) electrons. The van der Waals surface area contributed by atoms with Crippen molar-refractivity contribution < 1.29 is 4.74 Å². The molecule has 0 bridgehead atoms. The molecule has 0 saturated heterocycles. The van der Waals surface area contributed by atoms with Crippen LogP contribution < -0.4 is 0 Å². The van der Waals surface area contributed by atoms with Gasteiger partial charge in [0.1, 0.15) is 0 Å². The van der Waals surface area contributed by atoms with Crippen molar-refractivity contribution in [3.8, 4) is 0 Å².